The summed E-state index contributed by atoms with van der Waals surface area (Å²) < 4.78 is 5.74. The lowest BCUT2D eigenvalue weighted by molar-refractivity contribution is 0.475. The van der Waals surface area contributed by atoms with E-state index in [-0.39, 0.29) is 5.75 Å². The number of pyridine rings is 1. The van der Waals surface area contributed by atoms with Gasteiger partial charge in [0.05, 0.1) is 6.20 Å². The maximum absolute atomic E-state index is 9.48. The van der Waals surface area contributed by atoms with Gasteiger partial charge in [0.15, 0.2) is 5.76 Å². The number of oxazole rings is 1. The van der Waals surface area contributed by atoms with Crippen LogP contribution in [0.25, 0.3) is 22.1 Å². The fourth-order valence-electron chi connectivity index (χ4n) is 2.41. The van der Waals surface area contributed by atoms with E-state index in [9.17, 15) is 5.11 Å². The van der Waals surface area contributed by atoms with Crippen LogP contribution < -0.4 is 5.32 Å². The SMILES string of the molecule is Oc1cccc(Nc2ncc(-c3ccc4cnccc4c3)o2)c1. The molecule has 4 aromatic rings. The van der Waals surface area contributed by atoms with E-state index in [2.05, 4.69) is 15.3 Å². The second kappa shape index (κ2) is 5.46. The van der Waals surface area contributed by atoms with Gasteiger partial charge in [-0.2, -0.15) is 0 Å². The Labute approximate surface area is 132 Å². The van der Waals surface area contributed by atoms with E-state index < -0.39 is 0 Å². The molecule has 0 aliphatic heterocycles. The minimum Gasteiger partial charge on any atom is -0.508 e. The van der Waals surface area contributed by atoms with Crippen LogP contribution in [0.2, 0.25) is 0 Å². The predicted octanol–water partition coefficient (Wildman–Crippen LogP) is 4.34. The number of phenolic OH excluding ortho intramolecular Hbond substituents is 1. The summed E-state index contributed by atoms with van der Waals surface area (Å²) >= 11 is 0. The molecule has 2 heterocycles. The van der Waals surface area contributed by atoms with Gasteiger partial charge in [-0.1, -0.05) is 18.2 Å². The van der Waals surface area contributed by atoms with Gasteiger partial charge in [0.2, 0.25) is 0 Å². The third-order valence-electron chi connectivity index (χ3n) is 3.53. The first-order valence-corrected chi connectivity index (χ1v) is 7.14. The summed E-state index contributed by atoms with van der Waals surface area (Å²) in [4.78, 5) is 8.33. The fraction of sp³-hybridized carbons (Fsp3) is 0. The number of hydrogen-bond donors (Lipinski definition) is 2. The molecule has 0 spiro atoms. The Morgan fingerprint density at radius 3 is 2.83 bits per heavy atom. The van der Waals surface area contributed by atoms with Crippen molar-refractivity contribution in [2.45, 2.75) is 0 Å². The van der Waals surface area contributed by atoms with Crippen molar-refractivity contribution in [3.05, 3.63) is 67.1 Å². The molecule has 112 valence electrons. The van der Waals surface area contributed by atoms with Crippen molar-refractivity contribution in [1.29, 1.82) is 0 Å². The van der Waals surface area contributed by atoms with Gasteiger partial charge in [0.1, 0.15) is 5.75 Å². The molecule has 0 aliphatic rings. The van der Waals surface area contributed by atoms with E-state index >= 15 is 0 Å². The second-order valence-corrected chi connectivity index (χ2v) is 5.14. The molecule has 2 aromatic heterocycles. The summed E-state index contributed by atoms with van der Waals surface area (Å²) in [6, 6.07) is 15.1. The average Bonchev–Trinajstić information content (AvgIpc) is 3.03. The average molecular weight is 303 g/mol. The summed E-state index contributed by atoms with van der Waals surface area (Å²) in [7, 11) is 0. The van der Waals surface area contributed by atoms with Crippen LogP contribution in [0.5, 0.6) is 5.75 Å². The van der Waals surface area contributed by atoms with Crippen molar-refractivity contribution in [3.8, 4) is 17.1 Å². The molecule has 0 atom stereocenters. The first kappa shape index (κ1) is 13.3. The monoisotopic (exact) mass is 303 g/mol. The van der Waals surface area contributed by atoms with Crippen molar-refractivity contribution in [1.82, 2.24) is 9.97 Å². The van der Waals surface area contributed by atoms with Crippen LogP contribution in [0.15, 0.2) is 71.5 Å². The van der Waals surface area contributed by atoms with E-state index in [0.717, 1.165) is 16.3 Å². The van der Waals surface area contributed by atoms with Gasteiger partial charge in [-0.15, -0.1) is 0 Å². The molecule has 0 unspecified atom stereocenters. The van der Waals surface area contributed by atoms with Gasteiger partial charge < -0.3 is 14.8 Å². The minimum atomic E-state index is 0.185. The van der Waals surface area contributed by atoms with E-state index in [1.165, 1.54) is 0 Å². The predicted molar refractivity (Wildman–Crippen MR) is 88.6 cm³/mol. The number of nitrogens with one attached hydrogen (secondary N) is 1. The number of fused-ring (bicyclic) bond motifs is 1. The summed E-state index contributed by atoms with van der Waals surface area (Å²) in [5, 5.41) is 14.7. The molecule has 0 saturated heterocycles. The molecule has 0 bridgehead atoms. The number of aromatic nitrogens is 2. The lowest BCUT2D eigenvalue weighted by Crippen LogP contribution is -1.88. The quantitative estimate of drug-likeness (QED) is 0.589. The van der Waals surface area contributed by atoms with Gasteiger partial charge >= 0.3 is 0 Å². The standard InChI is InChI=1S/C18H13N3O2/c22-16-3-1-2-15(9-16)21-18-20-11-17(23-18)13-4-5-14-10-19-7-6-12(14)8-13/h1-11,22H,(H,20,21). The van der Waals surface area contributed by atoms with Gasteiger partial charge in [0.25, 0.3) is 6.01 Å². The zero-order chi connectivity index (χ0) is 15.6. The van der Waals surface area contributed by atoms with Crippen LogP contribution in [-0.2, 0) is 0 Å². The van der Waals surface area contributed by atoms with Crippen molar-refractivity contribution in [2.75, 3.05) is 5.32 Å². The number of nitrogens with zero attached hydrogens (tertiary/aromatic N) is 2. The van der Waals surface area contributed by atoms with Crippen LogP contribution in [-0.4, -0.2) is 15.1 Å². The van der Waals surface area contributed by atoms with E-state index in [0.29, 0.717) is 17.5 Å². The van der Waals surface area contributed by atoms with Gasteiger partial charge in [-0.25, -0.2) is 4.98 Å². The molecule has 23 heavy (non-hydrogen) atoms. The van der Waals surface area contributed by atoms with Gasteiger partial charge in [-0.05, 0) is 29.7 Å². The molecule has 2 aromatic carbocycles. The van der Waals surface area contributed by atoms with Crippen molar-refractivity contribution >= 4 is 22.5 Å². The molecule has 5 nitrogen and oxygen atoms in total. The Hall–Kier alpha value is -3.34. The van der Waals surface area contributed by atoms with E-state index in [4.69, 9.17) is 4.42 Å². The normalized spacial score (nSPS) is 10.8. The number of rotatable bonds is 3. The third-order valence-corrected chi connectivity index (χ3v) is 3.53. The highest BCUT2D eigenvalue weighted by molar-refractivity contribution is 5.85. The highest BCUT2D eigenvalue weighted by atomic mass is 16.4. The summed E-state index contributed by atoms with van der Waals surface area (Å²) in [5.74, 6) is 0.858. The molecule has 4 rings (SSSR count). The van der Waals surface area contributed by atoms with Crippen LogP contribution in [0.3, 0.4) is 0 Å². The highest BCUT2D eigenvalue weighted by Crippen LogP contribution is 2.27. The van der Waals surface area contributed by atoms with Gasteiger partial charge in [0, 0.05) is 35.1 Å². The van der Waals surface area contributed by atoms with Gasteiger partial charge in [-0.3, -0.25) is 4.98 Å². The Morgan fingerprint density at radius 1 is 0.957 bits per heavy atom. The van der Waals surface area contributed by atoms with Crippen molar-refractivity contribution in [3.63, 3.8) is 0 Å². The molecule has 2 N–H and O–H groups in total. The first-order valence-electron chi connectivity index (χ1n) is 7.14. The molecule has 5 heteroatoms. The molecular weight excluding hydrogens is 290 g/mol. The number of benzene rings is 2. The largest absolute Gasteiger partial charge is 0.508 e. The van der Waals surface area contributed by atoms with Crippen LogP contribution >= 0.6 is 0 Å². The Morgan fingerprint density at radius 2 is 1.91 bits per heavy atom. The Balaban J connectivity index is 1.63. The number of anilines is 2. The summed E-state index contributed by atoms with van der Waals surface area (Å²) in [6.45, 7) is 0. The van der Waals surface area contributed by atoms with Crippen LogP contribution in [0.1, 0.15) is 0 Å². The van der Waals surface area contributed by atoms with Crippen LogP contribution in [0.4, 0.5) is 11.7 Å². The molecule has 0 radical (unpaired) electrons. The topological polar surface area (TPSA) is 71.2 Å². The van der Waals surface area contributed by atoms with Crippen molar-refractivity contribution in [2.24, 2.45) is 0 Å². The third kappa shape index (κ3) is 2.72. The number of aromatic hydroxyl groups is 1. The minimum absolute atomic E-state index is 0.185. The molecular formula is C18H13N3O2. The lowest BCUT2D eigenvalue weighted by Gasteiger charge is -2.02. The Kier molecular flexibility index (Phi) is 3.16. The van der Waals surface area contributed by atoms with E-state index in [1.54, 1.807) is 30.6 Å². The van der Waals surface area contributed by atoms with Crippen LogP contribution in [0, 0.1) is 0 Å². The summed E-state index contributed by atoms with van der Waals surface area (Å²) in [6.07, 6.45) is 5.27. The number of hydrogen-bond acceptors (Lipinski definition) is 5. The highest BCUT2D eigenvalue weighted by Gasteiger charge is 2.08. The van der Waals surface area contributed by atoms with Crippen molar-refractivity contribution < 1.29 is 9.52 Å². The summed E-state index contributed by atoms with van der Waals surface area (Å²) in [5.41, 5.74) is 1.66. The zero-order valence-corrected chi connectivity index (χ0v) is 12.1. The lowest BCUT2D eigenvalue weighted by atomic mass is 10.1. The molecule has 0 aliphatic carbocycles. The molecule has 0 saturated carbocycles. The smallest absolute Gasteiger partial charge is 0.299 e. The Bertz CT molecular complexity index is 979. The molecule has 0 amide bonds. The zero-order valence-electron chi connectivity index (χ0n) is 12.1. The first-order chi connectivity index (χ1) is 11.3. The fourth-order valence-corrected chi connectivity index (χ4v) is 2.41. The molecule has 0 fully saturated rings. The number of phenols is 1. The van der Waals surface area contributed by atoms with E-state index in [1.807, 2.05) is 36.5 Å². The maximum Gasteiger partial charge on any atom is 0.299 e. The maximum atomic E-state index is 9.48. The second-order valence-electron chi connectivity index (χ2n) is 5.14.